The molecule has 8 nitrogen and oxygen atoms in total. The summed E-state index contributed by atoms with van der Waals surface area (Å²) < 4.78 is 1.58. The Morgan fingerprint density at radius 1 is 1.07 bits per heavy atom. The summed E-state index contributed by atoms with van der Waals surface area (Å²) in [5, 5.41) is 15.9. The normalized spacial score (nSPS) is 24.0. The molecule has 0 aromatic carbocycles. The molecule has 1 saturated heterocycles. The SMILES string of the molecule is CC1CCCCC1NC(=O)C1CCN(c2ccc(-n3cncn3)nn2)CC1. The number of carbonyl (C=O) groups is 1. The Balaban J connectivity index is 1.30. The number of nitrogens with one attached hydrogen (secondary N) is 1. The summed E-state index contributed by atoms with van der Waals surface area (Å²) in [6.45, 7) is 3.92. The van der Waals surface area contributed by atoms with E-state index in [9.17, 15) is 4.79 Å². The van der Waals surface area contributed by atoms with Crippen molar-refractivity contribution in [3.8, 4) is 5.82 Å². The molecule has 1 aliphatic carbocycles. The van der Waals surface area contributed by atoms with E-state index < -0.39 is 0 Å². The lowest BCUT2D eigenvalue weighted by Gasteiger charge is -2.34. The molecule has 2 aromatic rings. The fourth-order valence-corrected chi connectivity index (χ4v) is 4.14. The fraction of sp³-hybridized carbons (Fsp3) is 0.632. The zero-order chi connectivity index (χ0) is 18.6. The lowest BCUT2D eigenvalue weighted by Crippen LogP contribution is -2.46. The van der Waals surface area contributed by atoms with Crippen molar-refractivity contribution in [2.45, 2.75) is 51.5 Å². The van der Waals surface area contributed by atoms with E-state index >= 15 is 0 Å². The fourth-order valence-electron chi connectivity index (χ4n) is 4.14. The summed E-state index contributed by atoms with van der Waals surface area (Å²) in [5.41, 5.74) is 0. The second kappa shape index (κ2) is 8.02. The van der Waals surface area contributed by atoms with Gasteiger partial charge in [0.2, 0.25) is 5.91 Å². The van der Waals surface area contributed by atoms with Gasteiger partial charge in [0.15, 0.2) is 11.6 Å². The van der Waals surface area contributed by atoms with Crippen LogP contribution in [0.5, 0.6) is 0 Å². The van der Waals surface area contributed by atoms with Crippen LogP contribution in [-0.4, -0.2) is 50.0 Å². The van der Waals surface area contributed by atoms with Crippen LogP contribution in [0, 0.1) is 11.8 Å². The Labute approximate surface area is 159 Å². The van der Waals surface area contributed by atoms with E-state index in [1.54, 1.807) is 11.0 Å². The molecule has 2 unspecified atom stereocenters. The largest absolute Gasteiger partial charge is 0.355 e. The monoisotopic (exact) mass is 369 g/mol. The molecule has 2 aromatic heterocycles. The van der Waals surface area contributed by atoms with Gasteiger partial charge in [-0.2, -0.15) is 5.10 Å². The second-order valence-corrected chi connectivity index (χ2v) is 7.73. The van der Waals surface area contributed by atoms with Crippen LogP contribution in [0.4, 0.5) is 5.82 Å². The summed E-state index contributed by atoms with van der Waals surface area (Å²) in [6, 6.07) is 4.20. The Morgan fingerprint density at radius 2 is 1.81 bits per heavy atom. The van der Waals surface area contributed by atoms with Crippen molar-refractivity contribution in [2.75, 3.05) is 18.0 Å². The van der Waals surface area contributed by atoms with Crippen LogP contribution in [-0.2, 0) is 4.79 Å². The average Bonchev–Trinajstić information content (AvgIpc) is 3.25. The maximum absolute atomic E-state index is 12.7. The van der Waals surface area contributed by atoms with Crippen molar-refractivity contribution in [3.05, 3.63) is 24.8 Å². The summed E-state index contributed by atoms with van der Waals surface area (Å²) in [4.78, 5) is 18.8. The van der Waals surface area contributed by atoms with Gasteiger partial charge in [0, 0.05) is 25.0 Å². The number of nitrogens with zero attached hydrogens (tertiary/aromatic N) is 6. The summed E-state index contributed by atoms with van der Waals surface area (Å²) in [6.07, 6.45) is 9.67. The summed E-state index contributed by atoms with van der Waals surface area (Å²) >= 11 is 0. The topological polar surface area (TPSA) is 88.8 Å². The van der Waals surface area contributed by atoms with E-state index in [1.165, 1.54) is 25.6 Å². The Bertz CT molecular complexity index is 738. The van der Waals surface area contributed by atoms with Gasteiger partial charge in [-0.15, -0.1) is 10.2 Å². The molecule has 0 spiro atoms. The molecule has 4 rings (SSSR count). The molecular formula is C19H27N7O. The lowest BCUT2D eigenvalue weighted by atomic mass is 9.85. The van der Waals surface area contributed by atoms with E-state index in [2.05, 4.69) is 37.4 Å². The van der Waals surface area contributed by atoms with Gasteiger partial charge in [-0.1, -0.05) is 19.8 Å². The van der Waals surface area contributed by atoms with Crippen LogP contribution in [0.15, 0.2) is 24.8 Å². The smallest absolute Gasteiger partial charge is 0.223 e. The molecule has 1 N–H and O–H groups in total. The van der Waals surface area contributed by atoms with E-state index in [4.69, 9.17) is 0 Å². The van der Waals surface area contributed by atoms with Gasteiger partial charge >= 0.3 is 0 Å². The third-order valence-electron chi connectivity index (χ3n) is 5.92. The number of piperidine rings is 1. The summed E-state index contributed by atoms with van der Waals surface area (Å²) in [7, 11) is 0. The van der Waals surface area contributed by atoms with Crippen molar-refractivity contribution in [1.29, 1.82) is 0 Å². The minimum atomic E-state index is 0.109. The molecule has 2 aliphatic rings. The predicted molar refractivity (Wildman–Crippen MR) is 101 cm³/mol. The Kier molecular flexibility index (Phi) is 5.31. The zero-order valence-corrected chi connectivity index (χ0v) is 15.8. The number of amides is 1. The first-order chi connectivity index (χ1) is 13.2. The van der Waals surface area contributed by atoms with Crippen molar-refractivity contribution >= 4 is 11.7 Å². The molecule has 144 valence electrons. The highest BCUT2D eigenvalue weighted by atomic mass is 16.2. The predicted octanol–water partition coefficient (Wildman–Crippen LogP) is 1.97. The molecule has 8 heteroatoms. The van der Waals surface area contributed by atoms with Crippen LogP contribution in [0.3, 0.4) is 0 Å². The highest BCUT2D eigenvalue weighted by Crippen LogP contribution is 2.26. The molecule has 0 bridgehead atoms. The molecule has 3 heterocycles. The zero-order valence-electron chi connectivity index (χ0n) is 15.8. The van der Waals surface area contributed by atoms with Crippen molar-refractivity contribution < 1.29 is 4.79 Å². The number of hydrogen-bond acceptors (Lipinski definition) is 6. The molecule has 0 radical (unpaired) electrons. The van der Waals surface area contributed by atoms with Crippen LogP contribution < -0.4 is 10.2 Å². The van der Waals surface area contributed by atoms with Crippen molar-refractivity contribution in [1.82, 2.24) is 30.3 Å². The van der Waals surface area contributed by atoms with Crippen molar-refractivity contribution in [3.63, 3.8) is 0 Å². The Morgan fingerprint density at radius 3 is 2.48 bits per heavy atom. The van der Waals surface area contributed by atoms with Crippen LogP contribution in [0.2, 0.25) is 0 Å². The number of carbonyl (C=O) groups excluding carboxylic acids is 1. The first kappa shape index (κ1) is 17.9. The first-order valence-corrected chi connectivity index (χ1v) is 9.95. The average molecular weight is 369 g/mol. The van der Waals surface area contributed by atoms with Crippen LogP contribution in [0.1, 0.15) is 45.4 Å². The Hall–Kier alpha value is -2.51. The molecule has 2 atom stereocenters. The van der Waals surface area contributed by atoms with Gasteiger partial charge in [0.25, 0.3) is 0 Å². The molecule has 2 fully saturated rings. The second-order valence-electron chi connectivity index (χ2n) is 7.73. The first-order valence-electron chi connectivity index (χ1n) is 9.95. The number of aromatic nitrogens is 5. The van der Waals surface area contributed by atoms with Crippen LogP contribution >= 0.6 is 0 Å². The molecule has 27 heavy (non-hydrogen) atoms. The third-order valence-corrected chi connectivity index (χ3v) is 5.92. The lowest BCUT2D eigenvalue weighted by molar-refractivity contribution is -0.126. The van der Waals surface area contributed by atoms with Crippen LogP contribution in [0.25, 0.3) is 5.82 Å². The van der Waals surface area contributed by atoms with Gasteiger partial charge in [0.05, 0.1) is 0 Å². The number of anilines is 1. The van der Waals surface area contributed by atoms with E-state index in [0.717, 1.165) is 38.2 Å². The summed E-state index contributed by atoms with van der Waals surface area (Å²) in [5.74, 6) is 2.44. The maximum Gasteiger partial charge on any atom is 0.223 e. The quantitative estimate of drug-likeness (QED) is 0.886. The van der Waals surface area contributed by atoms with Gasteiger partial charge < -0.3 is 10.2 Å². The minimum absolute atomic E-state index is 0.109. The van der Waals surface area contributed by atoms with Gasteiger partial charge in [-0.3, -0.25) is 4.79 Å². The number of hydrogen-bond donors (Lipinski definition) is 1. The highest BCUT2D eigenvalue weighted by Gasteiger charge is 2.29. The molecule has 1 amide bonds. The molecule has 1 aliphatic heterocycles. The highest BCUT2D eigenvalue weighted by molar-refractivity contribution is 5.79. The minimum Gasteiger partial charge on any atom is -0.355 e. The van der Waals surface area contributed by atoms with Gasteiger partial charge in [-0.05, 0) is 43.7 Å². The van der Waals surface area contributed by atoms with Gasteiger partial charge in [-0.25, -0.2) is 9.67 Å². The number of rotatable bonds is 4. The van der Waals surface area contributed by atoms with Crippen molar-refractivity contribution in [2.24, 2.45) is 11.8 Å². The molecule has 1 saturated carbocycles. The van der Waals surface area contributed by atoms with E-state index in [0.29, 0.717) is 17.8 Å². The van der Waals surface area contributed by atoms with E-state index in [1.807, 2.05) is 12.1 Å². The third kappa shape index (κ3) is 4.09. The standard InChI is InChI=1S/C19H27N7O/c1-14-4-2-3-5-16(14)22-19(27)15-8-10-25(11-9-15)17-6-7-18(24-23-17)26-13-20-12-21-26/h6-7,12-16H,2-5,8-11H2,1H3,(H,22,27). The maximum atomic E-state index is 12.7. The van der Waals surface area contributed by atoms with E-state index in [-0.39, 0.29) is 11.8 Å². The molecular weight excluding hydrogens is 342 g/mol. The van der Waals surface area contributed by atoms with Gasteiger partial charge in [0.1, 0.15) is 12.7 Å².